The predicted molar refractivity (Wildman–Crippen MR) is 67.2 cm³/mol. The molecule has 0 aromatic carbocycles. The number of rotatable bonds is 2. The van der Waals surface area contributed by atoms with Crippen molar-refractivity contribution in [1.82, 2.24) is 4.98 Å². The number of fused-ring (bicyclic) bond motifs is 1. The van der Waals surface area contributed by atoms with Gasteiger partial charge in [0.15, 0.2) is 0 Å². The fourth-order valence-corrected chi connectivity index (χ4v) is 2.42. The molecule has 0 radical (unpaired) electrons. The maximum Gasteiger partial charge on any atom is 0.108 e. The van der Waals surface area contributed by atoms with Gasteiger partial charge in [0.25, 0.3) is 0 Å². The van der Waals surface area contributed by atoms with Crippen molar-refractivity contribution in [2.75, 3.05) is 10.2 Å². The second kappa shape index (κ2) is 4.30. The lowest BCUT2D eigenvalue weighted by Crippen LogP contribution is -2.39. The molecule has 0 aliphatic carbocycles. The molecular weight excluding hydrogens is 268 g/mol. The van der Waals surface area contributed by atoms with Crippen LogP contribution in [-0.4, -0.2) is 17.2 Å². The van der Waals surface area contributed by atoms with E-state index in [9.17, 15) is 0 Å². The lowest BCUT2D eigenvalue weighted by molar-refractivity contribution is 0.608. The van der Waals surface area contributed by atoms with Crippen molar-refractivity contribution in [3.8, 4) is 6.07 Å². The minimum atomic E-state index is 0.197. The summed E-state index contributed by atoms with van der Waals surface area (Å²) >= 11 is 3.37. The van der Waals surface area contributed by atoms with Gasteiger partial charge in [0.2, 0.25) is 0 Å². The standard InChI is InChI=1S/C11H13BrN4/c1-7(3-4-13)16-8(2)15-9-6-14-11(12)5-10(9)16/h5-8,15H,3H2,1-2H3. The van der Waals surface area contributed by atoms with Crippen LogP contribution >= 0.6 is 15.9 Å². The fraction of sp³-hybridized carbons (Fsp3) is 0.455. The smallest absolute Gasteiger partial charge is 0.108 e. The van der Waals surface area contributed by atoms with E-state index in [1.807, 2.05) is 12.3 Å². The third-order valence-electron chi connectivity index (χ3n) is 2.77. The van der Waals surface area contributed by atoms with Crippen molar-refractivity contribution in [1.29, 1.82) is 5.26 Å². The van der Waals surface area contributed by atoms with Gasteiger partial charge in [0, 0.05) is 6.04 Å². The first kappa shape index (κ1) is 11.2. The molecule has 84 valence electrons. The number of nitriles is 1. The maximum atomic E-state index is 8.77. The number of anilines is 2. The highest BCUT2D eigenvalue weighted by Gasteiger charge is 2.29. The molecule has 1 aliphatic rings. The molecule has 0 spiro atoms. The average molecular weight is 281 g/mol. The number of nitrogens with one attached hydrogen (secondary N) is 1. The monoisotopic (exact) mass is 280 g/mol. The molecule has 0 saturated heterocycles. The fourth-order valence-electron chi connectivity index (χ4n) is 2.10. The minimum Gasteiger partial charge on any atom is -0.362 e. The normalized spacial score (nSPS) is 19.9. The van der Waals surface area contributed by atoms with E-state index in [2.05, 4.69) is 51.0 Å². The van der Waals surface area contributed by atoms with Crippen LogP contribution in [0.5, 0.6) is 0 Å². The van der Waals surface area contributed by atoms with Crippen molar-refractivity contribution in [3.63, 3.8) is 0 Å². The summed E-state index contributed by atoms with van der Waals surface area (Å²) in [5, 5.41) is 12.1. The van der Waals surface area contributed by atoms with Crippen LogP contribution in [-0.2, 0) is 0 Å². The number of hydrogen-bond acceptors (Lipinski definition) is 4. The number of aromatic nitrogens is 1. The molecule has 4 nitrogen and oxygen atoms in total. The quantitative estimate of drug-likeness (QED) is 0.847. The molecule has 1 aliphatic heterocycles. The Kier molecular flexibility index (Phi) is 3.01. The Bertz CT molecular complexity index is 440. The topological polar surface area (TPSA) is 52.0 Å². The number of hydrogen-bond donors (Lipinski definition) is 1. The van der Waals surface area contributed by atoms with E-state index in [1.54, 1.807) is 0 Å². The zero-order valence-electron chi connectivity index (χ0n) is 9.24. The minimum absolute atomic E-state index is 0.197. The molecular formula is C11H13BrN4. The van der Waals surface area contributed by atoms with Crippen LogP contribution in [0.25, 0.3) is 0 Å². The molecule has 1 aromatic rings. The zero-order valence-corrected chi connectivity index (χ0v) is 10.8. The Balaban J connectivity index is 2.35. The molecule has 1 aromatic heterocycles. The summed E-state index contributed by atoms with van der Waals surface area (Å²) in [5.74, 6) is 0. The van der Waals surface area contributed by atoms with Crippen LogP contribution in [0.3, 0.4) is 0 Å². The summed E-state index contributed by atoms with van der Waals surface area (Å²) < 4.78 is 0.816. The highest BCUT2D eigenvalue weighted by atomic mass is 79.9. The summed E-state index contributed by atoms with van der Waals surface area (Å²) in [6.07, 6.45) is 2.54. The van der Waals surface area contributed by atoms with Gasteiger partial charge in [-0.15, -0.1) is 0 Å². The van der Waals surface area contributed by atoms with Crippen molar-refractivity contribution < 1.29 is 0 Å². The van der Waals surface area contributed by atoms with Crippen LogP contribution in [0.4, 0.5) is 11.4 Å². The van der Waals surface area contributed by atoms with Crippen molar-refractivity contribution in [2.24, 2.45) is 0 Å². The maximum absolute atomic E-state index is 8.77. The molecule has 16 heavy (non-hydrogen) atoms. The molecule has 1 N–H and O–H groups in total. The molecule has 0 bridgehead atoms. The molecule has 0 saturated carbocycles. The van der Waals surface area contributed by atoms with Crippen LogP contribution in [0.15, 0.2) is 16.9 Å². The van der Waals surface area contributed by atoms with Crippen LogP contribution in [0.1, 0.15) is 20.3 Å². The van der Waals surface area contributed by atoms with E-state index in [0.717, 1.165) is 16.0 Å². The highest BCUT2D eigenvalue weighted by Crippen LogP contribution is 2.37. The SMILES string of the molecule is CC(CC#N)N1c2cc(Br)ncc2NC1C. The number of pyridine rings is 1. The molecule has 2 rings (SSSR count). The first-order valence-electron chi connectivity index (χ1n) is 5.21. The van der Waals surface area contributed by atoms with Gasteiger partial charge >= 0.3 is 0 Å². The van der Waals surface area contributed by atoms with Crippen molar-refractivity contribution in [2.45, 2.75) is 32.5 Å². The van der Waals surface area contributed by atoms with E-state index >= 15 is 0 Å². The molecule has 2 atom stereocenters. The number of halogens is 1. The van der Waals surface area contributed by atoms with Gasteiger partial charge in [0.05, 0.1) is 36.2 Å². The van der Waals surface area contributed by atoms with Crippen molar-refractivity contribution >= 4 is 27.3 Å². The summed E-state index contributed by atoms with van der Waals surface area (Å²) in [7, 11) is 0. The van der Waals surface area contributed by atoms with Gasteiger partial charge in [0.1, 0.15) is 4.60 Å². The highest BCUT2D eigenvalue weighted by molar-refractivity contribution is 9.10. The molecule has 2 heterocycles. The van der Waals surface area contributed by atoms with E-state index < -0.39 is 0 Å². The third-order valence-corrected chi connectivity index (χ3v) is 3.20. The third kappa shape index (κ3) is 1.85. The Morgan fingerprint density at radius 2 is 2.50 bits per heavy atom. The number of nitrogens with zero attached hydrogens (tertiary/aromatic N) is 3. The van der Waals surface area contributed by atoms with Gasteiger partial charge in [-0.05, 0) is 35.8 Å². The van der Waals surface area contributed by atoms with Crippen LogP contribution in [0, 0.1) is 11.3 Å². The Morgan fingerprint density at radius 3 is 3.19 bits per heavy atom. The Hall–Kier alpha value is -1.28. The zero-order chi connectivity index (χ0) is 11.7. The second-order valence-electron chi connectivity index (χ2n) is 3.96. The Morgan fingerprint density at radius 1 is 1.75 bits per heavy atom. The lowest BCUT2D eigenvalue weighted by atomic mass is 10.2. The summed E-state index contributed by atoms with van der Waals surface area (Å²) in [5.41, 5.74) is 2.14. The van der Waals surface area contributed by atoms with E-state index in [1.165, 1.54) is 0 Å². The van der Waals surface area contributed by atoms with E-state index in [4.69, 9.17) is 5.26 Å². The summed E-state index contributed by atoms with van der Waals surface area (Å²) in [6.45, 7) is 4.15. The molecule has 5 heteroatoms. The second-order valence-corrected chi connectivity index (χ2v) is 4.78. The van der Waals surface area contributed by atoms with Gasteiger partial charge in [-0.25, -0.2) is 4.98 Å². The average Bonchev–Trinajstić information content (AvgIpc) is 2.53. The molecule has 0 amide bonds. The Labute approximate surface area is 103 Å². The van der Waals surface area contributed by atoms with Gasteiger partial charge < -0.3 is 10.2 Å². The summed E-state index contributed by atoms with van der Waals surface area (Å²) in [4.78, 5) is 6.40. The lowest BCUT2D eigenvalue weighted by Gasteiger charge is -2.29. The molecule has 2 unspecified atom stereocenters. The van der Waals surface area contributed by atoms with Crippen LogP contribution in [0.2, 0.25) is 0 Å². The van der Waals surface area contributed by atoms with Gasteiger partial charge in [-0.3, -0.25) is 0 Å². The van der Waals surface area contributed by atoms with Crippen LogP contribution < -0.4 is 10.2 Å². The first-order chi connectivity index (χ1) is 7.63. The van der Waals surface area contributed by atoms with Gasteiger partial charge in [-0.1, -0.05) is 0 Å². The predicted octanol–water partition coefficient (Wildman–Crippen LogP) is 2.72. The van der Waals surface area contributed by atoms with Gasteiger partial charge in [-0.2, -0.15) is 5.26 Å². The first-order valence-corrected chi connectivity index (χ1v) is 6.00. The van der Waals surface area contributed by atoms with E-state index in [-0.39, 0.29) is 12.2 Å². The van der Waals surface area contributed by atoms with Crippen molar-refractivity contribution in [3.05, 3.63) is 16.9 Å². The largest absolute Gasteiger partial charge is 0.362 e. The van der Waals surface area contributed by atoms with E-state index in [0.29, 0.717) is 6.42 Å². The molecule has 0 fully saturated rings. The summed E-state index contributed by atoms with van der Waals surface area (Å²) in [6, 6.07) is 4.40.